The van der Waals surface area contributed by atoms with E-state index >= 15 is 0 Å². The summed E-state index contributed by atoms with van der Waals surface area (Å²) in [5, 5.41) is 0.331. The zero-order valence-electron chi connectivity index (χ0n) is 11.1. The number of halogens is 1. The predicted octanol–water partition coefficient (Wildman–Crippen LogP) is 3.80. The molecule has 0 saturated carbocycles. The first kappa shape index (κ1) is 13.6. The highest BCUT2D eigenvalue weighted by atomic mass is 35.5. The summed E-state index contributed by atoms with van der Waals surface area (Å²) in [7, 11) is 0. The molecule has 0 bridgehead atoms. The van der Waals surface area contributed by atoms with Crippen LogP contribution in [0.15, 0.2) is 30.5 Å². The molecule has 100 valence electrons. The molecule has 0 amide bonds. The Morgan fingerprint density at radius 1 is 1.21 bits per heavy atom. The Morgan fingerprint density at radius 3 is 2.58 bits per heavy atom. The Kier molecular flexibility index (Phi) is 3.62. The van der Waals surface area contributed by atoms with E-state index in [4.69, 9.17) is 22.1 Å². The molecule has 0 radical (unpaired) electrons. The third kappa shape index (κ3) is 3.15. The molecule has 2 aromatic rings. The minimum atomic E-state index is -0.0400. The van der Waals surface area contributed by atoms with E-state index in [9.17, 15) is 0 Å². The van der Waals surface area contributed by atoms with Gasteiger partial charge in [0.25, 0.3) is 0 Å². The summed E-state index contributed by atoms with van der Waals surface area (Å²) in [6.07, 6.45) is 1.43. The van der Waals surface area contributed by atoms with E-state index in [0.29, 0.717) is 5.02 Å². The molecule has 1 aromatic heterocycles. The first-order chi connectivity index (χ1) is 8.88. The molecule has 0 fully saturated rings. The number of rotatable bonds is 2. The number of anilines is 1. The van der Waals surface area contributed by atoms with Crippen molar-refractivity contribution in [2.24, 2.45) is 0 Å². The molecule has 0 atom stereocenters. The number of para-hydroxylation sites is 1. The van der Waals surface area contributed by atoms with Gasteiger partial charge in [0.2, 0.25) is 11.8 Å². The lowest BCUT2D eigenvalue weighted by molar-refractivity contribution is 0.440. The van der Waals surface area contributed by atoms with Crippen LogP contribution in [0.2, 0.25) is 5.02 Å². The van der Waals surface area contributed by atoms with Crippen molar-refractivity contribution in [3.05, 3.63) is 41.0 Å². The van der Waals surface area contributed by atoms with Gasteiger partial charge < -0.3 is 10.5 Å². The standard InChI is InChI=1S/C14H16ClN3O/c1-14(2,3)9-6-4-5-7-11(9)19-12-10(15)8-17-13(16)18-12/h4-8H,1-3H3,(H2,16,17,18). The summed E-state index contributed by atoms with van der Waals surface area (Å²) in [5.41, 5.74) is 6.58. The molecular formula is C14H16ClN3O. The fourth-order valence-corrected chi connectivity index (χ4v) is 1.84. The number of ether oxygens (including phenoxy) is 1. The van der Waals surface area contributed by atoms with Crippen molar-refractivity contribution in [3.8, 4) is 11.6 Å². The Bertz CT molecular complexity index is 593. The maximum Gasteiger partial charge on any atom is 0.243 e. The number of nitrogens with two attached hydrogens (primary N) is 1. The van der Waals surface area contributed by atoms with E-state index < -0.39 is 0 Å². The monoisotopic (exact) mass is 277 g/mol. The molecule has 1 aromatic carbocycles. The highest BCUT2D eigenvalue weighted by Gasteiger charge is 2.19. The Hall–Kier alpha value is -1.81. The number of benzene rings is 1. The molecule has 0 aliphatic carbocycles. The molecule has 0 aliphatic rings. The maximum absolute atomic E-state index is 6.01. The van der Waals surface area contributed by atoms with Crippen LogP contribution in [0.1, 0.15) is 26.3 Å². The van der Waals surface area contributed by atoms with Crippen molar-refractivity contribution < 1.29 is 4.74 Å². The lowest BCUT2D eigenvalue weighted by Crippen LogP contribution is -2.12. The van der Waals surface area contributed by atoms with Gasteiger partial charge >= 0.3 is 0 Å². The van der Waals surface area contributed by atoms with E-state index in [2.05, 4.69) is 30.7 Å². The summed E-state index contributed by atoms with van der Waals surface area (Å²) in [5.74, 6) is 1.12. The minimum absolute atomic E-state index is 0.0400. The Morgan fingerprint density at radius 2 is 1.89 bits per heavy atom. The SMILES string of the molecule is CC(C)(C)c1ccccc1Oc1nc(N)ncc1Cl. The molecule has 0 aliphatic heterocycles. The summed E-state index contributed by atoms with van der Waals surface area (Å²) in [6, 6.07) is 7.79. The van der Waals surface area contributed by atoms with Gasteiger partial charge in [-0.05, 0) is 11.5 Å². The van der Waals surface area contributed by atoms with Gasteiger partial charge in [0.15, 0.2) is 0 Å². The van der Waals surface area contributed by atoms with Gasteiger partial charge in [-0.2, -0.15) is 4.98 Å². The van der Waals surface area contributed by atoms with Gasteiger partial charge in [0.05, 0.1) is 6.20 Å². The number of hydrogen-bond acceptors (Lipinski definition) is 4. The number of nitrogens with zero attached hydrogens (tertiary/aromatic N) is 2. The van der Waals surface area contributed by atoms with Crippen LogP contribution in [-0.4, -0.2) is 9.97 Å². The lowest BCUT2D eigenvalue weighted by atomic mass is 9.86. The summed E-state index contributed by atoms with van der Waals surface area (Å²) in [6.45, 7) is 6.35. The van der Waals surface area contributed by atoms with Crippen LogP contribution in [0, 0.1) is 0 Å². The topological polar surface area (TPSA) is 61.0 Å². The van der Waals surface area contributed by atoms with Gasteiger partial charge in [-0.25, -0.2) is 4.98 Å². The van der Waals surface area contributed by atoms with Crippen LogP contribution in [-0.2, 0) is 5.41 Å². The zero-order chi connectivity index (χ0) is 14.0. The summed E-state index contributed by atoms with van der Waals surface area (Å²) < 4.78 is 5.78. The second kappa shape index (κ2) is 5.05. The van der Waals surface area contributed by atoms with Gasteiger partial charge in [0, 0.05) is 5.56 Å². The average Bonchev–Trinajstić information content (AvgIpc) is 2.33. The highest BCUT2D eigenvalue weighted by molar-refractivity contribution is 6.31. The van der Waals surface area contributed by atoms with E-state index in [-0.39, 0.29) is 17.2 Å². The van der Waals surface area contributed by atoms with Crippen LogP contribution in [0.4, 0.5) is 5.95 Å². The largest absolute Gasteiger partial charge is 0.437 e. The molecule has 2 N–H and O–H groups in total. The second-order valence-corrected chi connectivity index (χ2v) is 5.64. The maximum atomic E-state index is 6.01. The Labute approximate surface area is 117 Å². The number of aromatic nitrogens is 2. The smallest absolute Gasteiger partial charge is 0.243 e. The normalized spacial score (nSPS) is 11.4. The molecule has 19 heavy (non-hydrogen) atoms. The molecule has 0 saturated heterocycles. The fraction of sp³-hybridized carbons (Fsp3) is 0.286. The Balaban J connectivity index is 2.41. The minimum Gasteiger partial charge on any atom is -0.437 e. The van der Waals surface area contributed by atoms with Crippen molar-refractivity contribution in [1.29, 1.82) is 0 Å². The molecule has 4 nitrogen and oxygen atoms in total. The number of hydrogen-bond donors (Lipinski definition) is 1. The van der Waals surface area contributed by atoms with E-state index in [1.165, 1.54) is 6.20 Å². The molecule has 1 heterocycles. The predicted molar refractivity (Wildman–Crippen MR) is 76.7 cm³/mol. The fourth-order valence-electron chi connectivity index (χ4n) is 1.72. The third-order valence-corrected chi connectivity index (χ3v) is 2.89. The highest BCUT2D eigenvalue weighted by Crippen LogP contribution is 2.35. The van der Waals surface area contributed by atoms with Crippen LogP contribution < -0.4 is 10.5 Å². The molecule has 2 rings (SSSR count). The van der Waals surface area contributed by atoms with Crippen molar-refractivity contribution >= 4 is 17.5 Å². The van der Waals surface area contributed by atoms with Gasteiger partial charge in [-0.3, -0.25) is 0 Å². The quantitative estimate of drug-likeness (QED) is 0.907. The van der Waals surface area contributed by atoms with E-state index in [0.717, 1.165) is 11.3 Å². The van der Waals surface area contributed by atoms with Gasteiger partial charge in [0.1, 0.15) is 10.8 Å². The first-order valence-corrected chi connectivity index (χ1v) is 6.31. The summed E-state index contributed by atoms with van der Waals surface area (Å²) >= 11 is 6.01. The van der Waals surface area contributed by atoms with Crippen molar-refractivity contribution in [2.75, 3.05) is 5.73 Å². The first-order valence-electron chi connectivity index (χ1n) is 5.93. The van der Waals surface area contributed by atoms with Gasteiger partial charge in [-0.1, -0.05) is 50.6 Å². The van der Waals surface area contributed by atoms with Gasteiger partial charge in [-0.15, -0.1) is 0 Å². The van der Waals surface area contributed by atoms with E-state index in [1.54, 1.807) is 0 Å². The van der Waals surface area contributed by atoms with Crippen LogP contribution in [0.25, 0.3) is 0 Å². The zero-order valence-corrected chi connectivity index (χ0v) is 11.9. The van der Waals surface area contributed by atoms with E-state index in [1.807, 2.05) is 24.3 Å². The van der Waals surface area contributed by atoms with Crippen LogP contribution in [0.5, 0.6) is 11.6 Å². The molecular weight excluding hydrogens is 262 g/mol. The van der Waals surface area contributed by atoms with Crippen molar-refractivity contribution in [3.63, 3.8) is 0 Å². The summed E-state index contributed by atoms with van der Waals surface area (Å²) in [4.78, 5) is 7.81. The van der Waals surface area contributed by atoms with Crippen molar-refractivity contribution in [1.82, 2.24) is 9.97 Å². The number of nitrogen functional groups attached to an aromatic ring is 1. The van der Waals surface area contributed by atoms with Crippen LogP contribution >= 0.6 is 11.6 Å². The molecule has 0 spiro atoms. The molecule has 0 unspecified atom stereocenters. The second-order valence-electron chi connectivity index (χ2n) is 5.23. The third-order valence-electron chi connectivity index (χ3n) is 2.63. The van der Waals surface area contributed by atoms with Crippen molar-refractivity contribution in [2.45, 2.75) is 26.2 Å². The molecule has 5 heteroatoms. The lowest BCUT2D eigenvalue weighted by Gasteiger charge is -2.22. The van der Waals surface area contributed by atoms with Crippen LogP contribution in [0.3, 0.4) is 0 Å². The average molecular weight is 278 g/mol.